The summed E-state index contributed by atoms with van der Waals surface area (Å²) < 4.78 is 29.9. The molecule has 1 aliphatic rings. The van der Waals surface area contributed by atoms with E-state index in [1.165, 1.54) is 11.2 Å². The first-order chi connectivity index (χ1) is 6.52. The van der Waals surface area contributed by atoms with Crippen molar-refractivity contribution in [2.24, 2.45) is 0 Å². The lowest BCUT2D eigenvalue weighted by Gasteiger charge is -2.19. The second-order valence-corrected chi connectivity index (χ2v) is 5.89. The number of nitrogens with zero attached hydrogens (tertiary/aromatic N) is 1. The van der Waals surface area contributed by atoms with Gasteiger partial charge in [0.05, 0.1) is 18.0 Å². The van der Waals surface area contributed by atoms with Crippen LogP contribution >= 0.6 is 0 Å². The van der Waals surface area contributed by atoms with Crippen molar-refractivity contribution in [1.82, 2.24) is 4.31 Å². The van der Waals surface area contributed by atoms with Crippen LogP contribution in [-0.2, 0) is 14.8 Å². The fraction of sp³-hybridized carbons (Fsp3) is 1.00. The van der Waals surface area contributed by atoms with Crippen molar-refractivity contribution in [3.8, 4) is 0 Å². The molecule has 1 N–H and O–H groups in total. The quantitative estimate of drug-likeness (QED) is 0.692. The molecular weight excluding hydrogens is 206 g/mol. The fourth-order valence-electron chi connectivity index (χ4n) is 1.47. The van der Waals surface area contributed by atoms with Gasteiger partial charge in [-0.05, 0) is 13.3 Å². The number of aliphatic hydroxyl groups is 1. The highest BCUT2D eigenvalue weighted by atomic mass is 32.2. The second-order valence-electron chi connectivity index (χ2n) is 3.54. The Hall–Kier alpha value is -0.170. The molecule has 0 saturated carbocycles. The summed E-state index contributed by atoms with van der Waals surface area (Å²) in [7, 11) is -1.75. The van der Waals surface area contributed by atoms with E-state index in [1.807, 2.05) is 0 Å². The van der Waals surface area contributed by atoms with Gasteiger partial charge in [-0.1, -0.05) is 0 Å². The maximum Gasteiger partial charge on any atom is 0.219 e. The minimum atomic E-state index is -3.33. The number of ether oxygens (including phenoxy) is 1. The van der Waals surface area contributed by atoms with Crippen molar-refractivity contribution in [3.05, 3.63) is 0 Å². The Morgan fingerprint density at radius 1 is 1.64 bits per heavy atom. The molecule has 2 unspecified atom stereocenters. The normalized spacial score (nSPS) is 26.6. The van der Waals surface area contributed by atoms with Crippen molar-refractivity contribution >= 4 is 10.0 Å². The van der Waals surface area contributed by atoms with Gasteiger partial charge in [-0.15, -0.1) is 0 Å². The monoisotopic (exact) mass is 223 g/mol. The standard InChI is InChI=1S/C8H17NO4S/c1-7(6-10)14(11,12)9-4-3-8(5-9)13-2/h7-8,10H,3-6H2,1-2H3. The summed E-state index contributed by atoms with van der Waals surface area (Å²) in [5.74, 6) is 0. The molecule has 5 nitrogen and oxygen atoms in total. The molecule has 0 bridgehead atoms. The average Bonchev–Trinajstić information content (AvgIpc) is 2.65. The molecule has 1 heterocycles. The molecule has 2 atom stereocenters. The van der Waals surface area contributed by atoms with Gasteiger partial charge in [0.15, 0.2) is 0 Å². The Morgan fingerprint density at radius 2 is 2.29 bits per heavy atom. The third-order valence-corrected chi connectivity index (χ3v) is 4.78. The van der Waals surface area contributed by atoms with Crippen molar-refractivity contribution in [1.29, 1.82) is 0 Å². The van der Waals surface area contributed by atoms with Gasteiger partial charge in [0.2, 0.25) is 10.0 Å². The predicted octanol–water partition coefficient (Wildman–Crippen LogP) is -0.582. The molecule has 0 radical (unpaired) electrons. The Kier molecular flexibility index (Phi) is 3.88. The number of rotatable bonds is 4. The minimum Gasteiger partial charge on any atom is -0.395 e. The van der Waals surface area contributed by atoms with E-state index in [0.29, 0.717) is 13.1 Å². The first-order valence-electron chi connectivity index (χ1n) is 4.65. The van der Waals surface area contributed by atoms with Crippen LogP contribution in [0.2, 0.25) is 0 Å². The number of hydrogen-bond donors (Lipinski definition) is 1. The van der Waals surface area contributed by atoms with Crippen LogP contribution in [0.25, 0.3) is 0 Å². The van der Waals surface area contributed by atoms with Gasteiger partial charge in [0, 0.05) is 20.2 Å². The molecule has 1 fully saturated rings. The van der Waals surface area contributed by atoms with Gasteiger partial charge in [-0.2, -0.15) is 4.31 Å². The Bertz CT molecular complexity index is 277. The first-order valence-corrected chi connectivity index (χ1v) is 6.15. The van der Waals surface area contributed by atoms with Crippen LogP contribution in [0.3, 0.4) is 0 Å². The molecule has 0 aromatic carbocycles. The van der Waals surface area contributed by atoms with Gasteiger partial charge in [0.25, 0.3) is 0 Å². The SMILES string of the molecule is COC1CCN(S(=O)(=O)C(C)CO)C1. The third-order valence-electron chi connectivity index (χ3n) is 2.57. The summed E-state index contributed by atoms with van der Waals surface area (Å²) in [6.45, 7) is 2.07. The zero-order valence-corrected chi connectivity index (χ0v) is 9.33. The molecule has 14 heavy (non-hydrogen) atoms. The van der Waals surface area contributed by atoms with Gasteiger partial charge in [-0.25, -0.2) is 8.42 Å². The summed E-state index contributed by atoms with van der Waals surface area (Å²) in [5.41, 5.74) is 0. The summed E-state index contributed by atoms with van der Waals surface area (Å²) in [6, 6.07) is 0. The highest BCUT2D eigenvalue weighted by Gasteiger charge is 2.34. The van der Waals surface area contributed by atoms with Crippen LogP contribution in [0.4, 0.5) is 0 Å². The lowest BCUT2D eigenvalue weighted by molar-refractivity contribution is 0.115. The van der Waals surface area contributed by atoms with E-state index in [4.69, 9.17) is 9.84 Å². The van der Waals surface area contributed by atoms with E-state index < -0.39 is 15.3 Å². The van der Waals surface area contributed by atoms with Crippen molar-refractivity contribution < 1.29 is 18.3 Å². The summed E-state index contributed by atoms with van der Waals surface area (Å²) in [5, 5.41) is 8.09. The zero-order chi connectivity index (χ0) is 10.8. The van der Waals surface area contributed by atoms with Gasteiger partial charge < -0.3 is 9.84 Å². The number of methoxy groups -OCH3 is 1. The molecule has 0 aliphatic carbocycles. The van der Waals surface area contributed by atoms with E-state index in [1.54, 1.807) is 7.11 Å². The lowest BCUT2D eigenvalue weighted by Crippen LogP contribution is -2.38. The largest absolute Gasteiger partial charge is 0.395 e. The Balaban J connectivity index is 2.66. The zero-order valence-electron chi connectivity index (χ0n) is 8.51. The molecule has 1 saturated heterocycles. The average molecular weight is 223 g/mol. The first kappa shape index (κ1) is 11.9. The summed E-state index contributed by atoms with van der Waals surface area (Å²) in [4.78, 5) is 0. The van der Waals surface area contributed by atoms with E-state index in [2.05, 4.69) is 0 Å². The van der Waals surface area contributed by atoms with Crippen LogP contribution < -0.4 is 0 Å². The molecule has 0 aromatic heterocycles. The van der Waals surface area contributed by atoms with Crippen molar-refractivity contribution in [2.45, 2.75) is 24.7 Å². The number of aliphatic hydroxyl groups excluding tert-OH is 1. The minimum absolute atomic E-state index is 0.00401. The highest BCUT2D eigenvalue weighted by molar-refractivity contribution is 7.89. The van der Waals surface area contributed by atoms with Gasteiger partial charge >= 0.3 is 0 Å². The predicted molar refractivity (Wildman–Crippen MR) is 52.5 cm³/mol. The van der Waals surface area contributed by atoms with Gasteiger partial charge in [-0.3, -0.25) is 0 Å². The van der Waals surface area contributed by atoms with Crippen LogP contribution in [0.1, 0.15) is 13.3 Å². The van der Waals surface area contributed by atoms with Gasteiger partial charge in [0.1, 0.15) is 0 Å². The smallest absolute Gasteiger partial charge is 0.219 e. The molecule has 84 valence electrons. The maximum absolute atomic E-state index is 11.7. The molecule has 0 aromatic rings. The molecule has 1 aliphatic heterocycles. The third kappa shape index (κ3) is 2.25. The number of hydrogen-bond acceptors (Lipinski definition) is 4. The summed E-state index contributed by atoms with van der Waals surface area (Å²) in [6.07, 6.45) is 0.726. The van der Waals surface area contributed by atoms with Crippen molar-refractivity contribution in [3.63, 3.8) is 0 Å². The van der Waals surface area contributed by atoms with E-state index in [9.17, 15) is 8.42 Å². The van der Waals surface area contributed by atoms with Crippen LogP contribution in [0.15, 0.2) is 0 Å². The molecule has 6 heteroatoms. The second kappa shape index (κ2) is 4.57. The lowest BCUT2D eigenvalue weighted by atomic mass is 10.3. The van der Waals surface area contributed by atoms with Crippen molar-refractivity contribution in [2.75, 3.05) is 26.8 Å². The topological polar surface area (TPSA) is 66.8 Å². The van der Waals surface area contributed by atoms with Crippen LogP contribution in [0, 0.1) is 0 Å². The van der Waals surface area contributed by atoms with E-state index in [-0.39, 0.29) is 12.7 Å². The maximum atomic E-state index is 11.7. The molecule has 1 rings (SSSR count). The van der Waals surface area contributed by atoms with E-state index in [0.717, 1.165) is 6.42 Å². The summed E-state index contributed by atoms with van der Waals surface area (Å²) >= 11 is 0. The van der Waals surface area contributed by atoms with E-state index >= 15 is 0 Å². The van der Waals surface area contributed by atoms with Crippen LogP contribution in [0.5, 0.6) is 0 Å². The molecule has 0 amide bonds. The fourth-order valence-corrected chi connectivity index (χ4v) is 2.90. The Morgan fingerprint density at radius 3 is 2.71 bits per heavy atom. The van der Waals surface area contributed by atoms with Crippen LogP contribution in [-0.4, -0.2) is 56.0 Å². The number of sulfonamides is 1. The molecule has 0 spiro atoms. The molecular formula is C8H17NO4S. The Labute approximate surface area is 84.7 Å². The highest BCUT2D eigenvalue weighted by Crippen LogP contribution is 2.18.